The van der Waals surface area contributed by atoms with E-state index in [2.05, 4.69) is 4.74 Å². The normalized spacial score (nSPS) is 10.8. The van der Waals surface area contributed by atoms with Crippen LogP contribution < -0.4 is 5.56 Å². The Balaban J connectivity index is 2.24. The lowest BCUT2D eigenvalue weighted by Crippen LogP contribution is -2.15. The minimum absolute atomic E-state index is 0.0735. The Hall–Kier alpha value is -1.66. The number of fused-ring (bicyclic) bond motifs is 1. The van der Waals surface area contributed by atoms with Crippen LogP contribution in [0.2, 0.25) is 0 Å². The summed E-state index contributed by atoms with van der Waals surface area (Å²) in [5.41, 5.74) is -0.00323. The predicted octanol–water partition coefficient (Wildman–Crippen LogP) is 2.75. The van der Waals surface area contributed by atoms with Crippen molar-refractivity contribution in [1.82, 2.24) is 4.09 Å². The van der Waals surface area contributed by atoms with Crippen molar-refractivity contribution in [1.29, 1.82) is 0 Å². The fourth-order valence-corrected chi connectivity index (χ4v) is 3.13. The average Bonchev–Trinajstić information content (AvgIpc) is 2.51. The summed E-state index contributed by atoms with van der Waals surface area (Å²) >= 11 is 7.17. The van der Waals surface area contributed by atoms with Gasteiger partial charge in [-0.1, -0.05) is 12.1 Å². The number of hydrogen-bond donors (Lipinski definition) is 1. The number of pyridine rings is 1. The van der Waals surface area contributed by atoms with Crippen LogP contribution in [0.25, 0.3) is 10.9 Å². The first kappa shape index (κ1) is 15.7. The first-order chi connectivity index (χ1) is 10.1. The number of carbonyl (C=O) groups is 1. The maximum absolute atomic E-state index is 12.1. The van der Waals surface area contributed by atoms with Gasteiger partial charge >= 0.3 is 5.97 Å². The molecule has 0 saturated heterocycles. The molecule has 1 aromatic heterocycles. The van der Waals surface area contributed by atoms with Crippen molar-refractivity contribution in [3.63, 3.8) is 0 Å². The molecule has 1 N–H and O–H groups in total. The third-order valence-corrected chi connectivity index (χ3v) is 4.44. The lowest BCUT2D eigenvalue weighted by atomic mass is 10.2. The van der Waals surface area contributed by atoms with E-state index in [0.717, 1.165) is 4.09 Å². The molecule has 0 amide bonds. The molecule has 0 aliphatic heterocycles. The van der Waals surface area contributed by atoms with Crippen LogP contribution in [0, 0.1) is 0 Å². The Morgan fingerprint density at radius 1 is 1.43 bits per heavy atom. The molecule has 0 bridgehead atoms. The van der Waals surface area contributed by atoms with Gasteiger partial charge in [0.15, 0.2) is 0 Å². The third-order valence-electron chi connectivity index (χ3n) is 2.96. The van der Waals surface area contributed by atoms with E-state index in [4.69, 9.17) is 11.8 Å². The summed E-state index contributed by atoms with van der Waals surface area (Å²) < 4.78 is 5.54. The molecule has 112 valence electrons. The highest BCUT2D eigenvalue weighted by Crippen LogP contribution is 2.33. The van der Waals surface area contributed by atoms with Crippen LogP contribution in [-0.2, 0) is 9.53 Å². The van der Waals surface area contributed by atoms with E-state index in [1.807, 2.05) is 0 Å². The summed E-state index contributed by atoms with van der Waals surface area (Å²) in [5, 5.41) is 10.7. The number of carbonyl (C=O) groups excluding carboxylic acids is 1. The van der Waals surface area contributed by atoms with Gasteiger partial charge in [0.25, 0.3) is 5.56 Å². The Morgan fingerprint density at radius 2 is 2.14 bits per heavy atom. The molecular weight excluding hydrogens is 314 g/mol. The van der Waals surface area contributed by atoms with Crippen molar-refractivity contribution in [2.24, 2.45) is 0 Å². The number of rotatable bonds is 5. The molecule has 0 unspecified atom stereocenters. The summed E-state index contributed by atoms with van der Waals surface area (Å²) in [6.45, 7) is 0. The Kier molecular flexibility index (Phi) is 5.14. The number of para-hydroxylation sites is 1. The van der Waals surface area contributed by atoms with Crippen LogP contribution in [0.4, 0.5) is 0 Å². The van der Waals surface area contributed by atoms with Gasteiger partial charge in [0.2, 0.25) is 0 Å². The summed E-state index contributed by atoms with van der Waals surface area (Å²) in [5.74, 6) is 0.135. The highest BCUT2D eigenvalue weighted by Gasteiger charge is 2.15. The number of nitrogens with zero attached hydrogens (tertiary/aromatic N) is 1. The predicted molar refractivity (Wildman–Crippen MR) is 83.1 cm³/mol. The first-order valence-corrected chi connectivity index (χ1v) is 7.61. The number of methoxy groups -OCH3 is 1. The van der Waals surface area contributed by atoms with Gasteiger partial charge < -0.3 is 9.84 Å². The summed E-state index contributed by atoms with van der Waals surface area (Å²) in [6, 6.07) is 6.86. The molecule has 0 radical (unpaired) electrons. The molecule has 0 atom stereocenters. The molecule has 0 fully saturated rings. The number of aromatic nitrogens is 1. The van der Waals surface area contributed by atoms with Crippen LogP contribution in [0.5, 0.6) is 5.75 Å². The van der Waals surface area contributed by atoms with Crippen LogP contribution in [0.15, 0.2) is 34.0 Å². The van der Waals surface area contributed by atoms with E-state index in [1.165, 1.54) is 18.9 Å². The Labute approximate surface area is 130 Å². The van der Waals surface area contributed by atoms with Crippen molar-refractivity contribution in [3.8, 4) is 5.75 Å². The second-order valence-electron chi connectivity index (χ2n) is 4.31. The van der Waals surface area contributed by atoms with Crippen molar-refractivity contribution in [2.45, 2.75) is 17.7 Å². The molecule has 7 heteroatoms. The second kappa shape index (κ2) is 6.87. The molecule has 0 spiro atoms. The fourth-order valence-electron chi connectivity index (χ4n) is 1.89. The van der Waals surface area contributed by atoms with Gasteiger partial charge in [-0.15, -0.1) is 11.8 Å². The number of aromatic hydroxyl groups is 1. The van der Waals surface area contributed by atoms with Gasteiger partial charge in [0.1, 0.15) is 10.6 Å². The minimum Gasteiger partial charge on any atom is -0.506 e. The topological polar surface area (TPSA) is 68.5 Å². The second-order valence-corrected chi connectivity index (χ2v) is 5.75. The molecular formula is C14H14ClNO4S. The molecule has 21 heavy (non-hydrogen) atoms. The summed E-state index contributed by atoms with van der Waals surface area (Å²) in [7, 11) is 1.33. The number of ether oxygens (including phenoxy) is 1. The third kappa shape index (κ3) is 3.33. The number of esters is 1. The largest absolute Gasteiger partial charge is 0.506 e. The van der Waals surface area contributed by atoms with Crippen LogP contribution in [0.3, 0.4) is 0 Å². The average molecular weight is 328 g/mol. The molecule has 0 aliphatic rings. The molecule has 5 nitrogen and oxygen atoms in total. The van der Waals surface area contributed by atoms with Crippen molar-refractivity contribution < 1.29 is 14.6 Å². The molecule has 2 rings (SSSR count). The van der Waals surface area contributed by atoms with Crippen LogP contribution >= 0.6 is 23.5 Å². The summed E-state index contributed by atoms with van der Waals surface area (Å²) in [6.07, 6.45) is 0.818. The minimum atomic E-state index is -0.462. The van der Waals surface area contributed by atoms with Crippen LogP contribution in [0.1, 0.15) is 12.8 Å². The van der Waals surface area contributed by atoms with Gasteiger partial charge in [-0.25, -0.2) is 4.09 Å². The van der Waals surface area contributed by atoms with E-state index in [9.17, 15) is 14.7 Å². The van der Waals surface area contributed by atoms with E-state index in [1.54, 1.807) is 24.3 Å². The van der Waals surface area contributed by atoms with Gasteiger partial charge in [-0.2, -0.15) is 0 Å². The first-order valence-electron chi connectivity index (χ1n) is 6.28. The Bertz CT molecular complexity index is 729. The van der Waals surface area contributed by atoms with E-state index >= 15 is 0 Å². The van der Waals surface area contributed by atoms with Crippen molar-refractivity contribution in [3.05, 3.63) is 34.6 Å². The smallest absolute Gasteiger partial charge is 0.305 e. The molecule has 0 saturated carbocycles. The zero-order chi connectivity index (χ0) is 15.4. The highest BCUT2D eigenvalue weighted by molar-refractivity contribution is 7.99. The highest BCUT2D eigenvalue weighted by atomic mass is 35.5. The van der Waals surface area contributed by atoms with E-state index in [-0.39, 0.29) is 23.0 Å². The van der Waals surface area contributed by atoms with Crippen LogP contribution in [-0.4, -0.2) is 28.0 Å². The molecule has 2 aromatic rings. The van der Waals surface area contributed by atoms with Crippen molar-refractivity contribution in [2.75, 3.05) is 12.9 Å². The number of benzene rings is 1. The quantitative estimate of drug-likeness (QED) is 0.519. The zero-order valence-electron chi connectivity index (χ0n) is 11.3. The van der Waals surface area contributed by atoms with E-state index in [0.29, 0.717) is 23.1 Å². The fraction of sp³-hybridized carbons (Fsp3) is 0.286. The molecule has 0 aliphatic carbocycles. The Morgan fingerprint density at radius 3 is 2.86 bits per heavy atom. The standard InChI is InChI=1S/C14H14ClNO4S/c1-20-11(17)7-4-8-21-13-12(18)9-5-2-3-6-10(9)16(15)14(13)19/h2-3,5-6,18H,4,7-8H2,1H3. The molecule has 1 aromatic carbocycles. The lowest BCUT2D eigenvalue weighted by Gasteiger charge is -2.09. The van der Waals surface area contributed by atoms with E-state index < -0.39 is 5.56 Å². The monoisotopic (exact) mass is 327 g/mol. The SMILES string of the molecule is COC(=O)CCCSc1c(O)c2ccccc2n(Cl)c1=O. The van der Waals surface area contributed by atoms with Gasteiger partial charge in [-0.05, 0) is 24.3 Å². The number of halogens is 1. The lowest BCUT2D eigenvalue weighted by molar-refractivity contribution is -0.140. The van der Waals surface area contributed by atoms with Gasteiger partial charge in [0.05, 0.1) is 12.6 Å². The van der Waals surface area contributed by atoms with Crippen molar-refractivity contribution >= 4 is 40.4 Å². The zero-order valence-corrected chi connectivity index (χ0v) is 12.9. The number of hydrogen-bond acceptors (Lipinski definition) is 5. The number of thioether (sulfide) groups is 1. The maximum Gasteiger partial charge on any atom is 0.305 e. The summed E-state index contributed by atoms with van der Waals surface area (Å²) in [4.78, 5) is 23.4. The maximum atomic E-state index is 12.1. The van der Waals surface area contributed by atoms with Gasteiger partial charge in [-0.3, -0.25) is 9.59 Å². The van der Waals surface area contributed by atoms with Gasteiger partial charge in [0, 0.05) is 23.6 Å². The molecule has 1 heterocycles.